The average Bonchev–Trinajstić information content (AvgIpc) is 3.02. The summed E-state index contributed by atoms with van der Waals surface area (Å²) < 4.78 is 22.2. The van der Waals surface area contributed by atoms with Gasteiger partial charge in [0, 0.05) is 6.21 Å². The molecule has 5 heteroatoms. The molecule has 0 aliphatic carbocycles. The molecule has 1 atom stereocenters. The summed E-state index contributed by atoms with van der Waals surface area (Å²) in [5, 5.41) is 0. The van der Waals surface area contributed by atoms with Crippen LogP contribution in [0.5, 0.6) is 23.0 Å². The van der Waals surface area contributed by atoms with Crippen molar-refractivity contribution in [3.63, 3.8) is 0 Å². The zero-order valence-electron chi connectivity index (χ0n) is 11.9. The zero-order valence-corrected chi connectivity index (χ0v) is 11.9. The van der Waals surface area contributed by atoms with Crippen molar-refractivity contribution in [3.8, 4) is 23.0 Å². The molecule has 0 saturated carbocycles. The molecular weight excluding hydrogens is 282 g/mol. The lowest BCUT2D eigenvalue weighted by Crippen LogP contribution is -2.31. The van der Waals surface area contributed by atoms with E-state index in [0.29, 0.717) is 13.2 Å². The number of hydrogen-bond donors (Lipinski definition) is 0. The highest BCUT2D eigenvalue weighted by molar-refractivity contribution is 5.81. The van der Waals surface area contributed by atoms with Gasteiger partial charge in [0.15, 0.2) is 29.1 Å². The smallest absolute Gasteiger partial charge is 0.231 e. The van der Waals surface area contributed by atoms with Gasteiger partial charge in [0.25, 0.3) is 0 Å². The molecular formula is C17H15NO4. The maximum absolute atomic E-state index is 5.86. The molecule has 2 aliphatic heterocycles. The highest BCUT2D eigenvalue weighted by Gasteiger charge is 2.19. The Kier molecular flexibility index (Phi) is 3.31. The standard InChI is InChI=1S/C17H15NO4/c1-2-4-16-14(3-1)19-10-13(22-16)9-18-8-12-5-6-15-17(7-12)21-11-20-15/h1-8,13H,9-11H2. The lowest BCUT2D eigenvalue weighted by molar-refractivity contribution is 0.0973. The lowest BCUT2D eigenvalue weighted by atomic mass is 10.2. The van der Waals surface area contributed by atoms with E-state index in [-0.39, 0.29) is 12.9 Å². The van der Waals surface area contributed by atoms with Gasteiger partial charge in [-0.3, -0.25) is 4.99 Å². The minimum atomic E-state index is -0.0693. The summed E-state index contributed by atoms with van der Waals surface area (Å²) in [7, 11) is 0. The Labute approximate surface area is 128 Å². The van der Waals surface area contributed by atoms with Crippen molar-refractivity contribution < 1.29 is 18.9 Å². The predicted molar refractivity (Wildman–Crippen MR) is 81.4 cm³/mol. The molecule has 0 amide bonds. The number of ether oxygens (including phenoxy) is 4. The van der Waals surface area contributed by atoms with Gasteiger partial charge in [-0.05, 0) is 35.9 Å². The summed E-state index contributed by atoms with van der Waals surface area (Å²) in [5.41, 5.74) is 0.973. The summed E-state index contributed by atoms with van der Waals surface area (Å²) in [6.07, 6.45) is 1.74. The van der Waals surface area contributed by atoms with Crippen LogP contribution in [0.1, 0.15) is 5.56 Å². The fourth-order valence-electron chi connectivity index (χ4n) is 2.42. The first-order chi connectivity index (χ1) is 10.9. The first kappa shape index (κ1) is 13.0. The highest BCUT2D eigenvalue weighted by Crippen LogP contribution is 2.32. The van der Waals surface area contributed by atoms with Gasteiger partial charge in [-0.15, -0.1) is 0 Å². The van der Waals surface area contributed by atoms with Crippen molar-refractivity contribution in [2.45, 2.75) is 6.10 Å². The van der Waals surface area contributed by atoms with Gasteiger partial charge >= 0.3 is 0 Å². The molecule has 2 aliphatic rings. The van der Waals surface area contributed by atoms with Crippen LogP contribution >= 0.6 is 0 Å². The highest BCUT2D eigenvalue weighted by atomic mass is 16.7. The third kappa shape index (κ3) is 2.57. The first-order valence-corrected chi connectivity index (χ1v) is 7.16. The number of benzene rings is 2. The fraction of sp³-hybridized carbons (Fsp3) is 0.235. The van der Waals surface area contributed by atoms with E-state index in [1.807, 2.05) is 48.7 Å². The topological polar surface area (TPSA) is 49.3 Å². The SMILES string of the molecule is C(=NCC1COc2ccccc2O1)c1ccc2c(c1)OCO2. The molecule has 22 heavy (non-hydrogen) atoms. The molecule has 2 aromatic rings. The maximum atomic E-state index is 5.86. The minimum Gasteiger partial charge on any atom is -0.486 e. The molecule has 0 aromatic heterocycles. The molecule has 0 radical (unpaired) electrons. The zero-order chi connectivity index (χ0) is 14.8. The second kappa shape index (κ2) is 5.60. The van der Waals surface area contributed by atoms with E-state index in [2.05, 4.69) is 4.99 Å². The van der Waals surface area contributed by atoms with Crippen LogP contribution in [-0.2, 0) is 0 Å². The summed E-state index contributed by atoms with van der Waals surface area (Å²) in [6, 6.07) is 13.4. The minimum absolute atomic E-state index is 0.0693. The number of aliphatic imine (C=N–C) groups is 1. The Morgan fingerprint density at radius 1 is 0.955 bits per heavy atom. The molecule has 2 heterocycles. The maximum Gasteiger partial charge on any atom is 0.231 e. The molecule has 0 saturated heterocycles. The Morgan fingerprint density at radius 3 is 2.73 bits per heavy atom. The van der Waals surface area contributed by atoms with E-state index in [9.17, 15) is 0 Å². The molecule has 0 spiro atoms. The average molecular weight is 297 g/mol. The fourth-order valence-corrected chi connectivity index (χ4v) is 2.42. The lowest BCUT2D eigenvalue weighted by Gasteiger charge is -2.25. The van der Waals surface area contributed by atoms with E-state index in [4.69, 9.17) is 18.9 Å². The van der Waals surface area contributed by atoms with E-state index in [0.717, 1.165) is 28.6 Å². The molecule has 5 nitrogen and oxygen atoms in total. The molecule has 0 fully saturated rings. The second-order valence-corrected chi connectivity index (χ2v) is 5.10. The number of fused-ring (bicyclic) bond motifs is 2. The van der Waals surface area contributed by atoms with E-state index < -0.39 is 0 Å². The van der Waals surface area contributed by atoms with Crippen molar-refractivity contribution in [1.82, 2.24) is 0 Å². The van der Waals surface area contributed by atoms with Gasteiger partial charge in [0.1, 0.15) is 6.61 Å². The van der Waals surface area contributed by atoms with Crippen LogP contribution < -0.4 is 18.9 Å². The Balaban J connectivity index is 1.39. The number of hydrogen-bond acceptors (Lipinski definition) is 5. The molecule has 0 N–H and O–H groups in total. The monoisotopic (exact) mass is 297 g/mol. The van der Waals surface area contributed by atoms with Crippen LogP contribution in [0.15, 0.2) is 47.5 Å². The molecule has 2 aromatic carbocycles. The van der Waals surface area contributed by atoms with E-state index in [1.54, 1.807) is 0 Å². The predicted octanol–water partition coefficient (Wildman–Crippen LogP) is 2.67. The van der Waals surface area contributed by atoms with Crippen molar-refractivity contribution in [2.75, 3.05) is 19.9 Å². The van der Waals surface area contributed by atoms with Crippen molar-refractivity contribution in [1.29, 1.82) is 0 Å². The van der Waals surface area contributed by atoms with E-state index in [1.165, 1.54) is 0 Å². The quantitative estimate of drug-likeness (QED) is 0.817. The van der Waals surface area contributed by atoms with Gasteiger partial charge < -0.3 is 18.9 Å². The molecule has 0 bridgehead atoms. The van der Waals surface area contributed by atoms with Crippen molar-refractivity contribution >= 4 is 6.21 Å². The van der Waals surface area contributed by atoms with E-state index >= 15 is 0 Å². The van der Waals surface area contributed by atoms with Crippen LogP contribution in [-0.4, -0.2) is 32.3 Å². The third-order valence-electron chi connectivity index (χ3n) is 3.51. The van der Waals surface area contributed by atoms with Crippen LogP contribution in [0, 0.1) is 0 Å². The largest absolute Gasteiger partial charge is 0.486 e. The van der Waals surface area contributed by atoms with Crippen LogP contribution in [0.4, 0.5) is 0 Å². The molecule has 4 rings (SSSR count). The Bertz CT molecular complexity index is 714. The number of nitrogens with zero attached hydrogens (tertiary/aromatic N) is 1. The van der Waals surface area contributed by atoms with Crippen molar-refractivity contribution in [3.05, 3.63) is 48.0 Å². The van der Waals surface area contributed by atoms with Gasteiger partial charge in [-0.2, -0.15) is 0 Å². The van der Waals surface area contributed by atoms with Gasteiger partial charge in [0.2, 0.25) is 6.79 Å². The van der Waals surface area contributed by atoms with Gasteiger partial charge in [-0.1, -0.05) is 12.1 Å². The molecule has 112 valence electrons. The Morgan fingerprint density at radius 2 is 1.77 bits per heavy atom. The van der Waals surface area contributed by atoms with Crippen LogP contribution in [0.3, 0.4) is 0 Å². The van der Waals surface area contributed by atoms with Crippen molar-refractivity contribution in [2.24, 2.45) is 4.99 Å². The summed E-state index contributed by atoms with van der Waals surface area (Å²) in [6.45, 7) is 1.33. The normalized spacial score (nSPS) is 18.6. The van der Waals surface area contributed by atoms with Crippen LogP contribution in [0.2, 0.25) is 0 Å². The Hall–Kier alpha value is -2.69. The summed E-state index contributed by atoms with van der Waals surface area (Å²) in [5.74, 6) is 3.10. The number of para-hydroxylation sites is 2. The number of rotatable bonds is 3. The second-order valence-electron chi connectivity index (χ2n) is 5.10. The summed E-state index contributed by atoms with van der Waals surface area (Å²) >= 11 is 0. The third-order valence-corrected chi connectivity index (χ3v) is 3.51. The molecule has 1 unspecified atom stereocenters. The van der Waals surface area contributed by atoms with Gasteiger partial charge in [-0.25, -0.2) is 0 Å². The van der Waals surface area contributed by atoms with Gasteiger partial charge in [0.05, 0.1) is 6.54 Å². The summed E-state index contributed by atoms with van der Waals surface area (Å²) in [4.78, 5) is 4.44. The van der Waals surface area contributed by atoms with Crippen LogP contribution in [0.25, 0.3) is 0 Å². The first-order valence-electron chi connectivity index (χ1n) is 7.16.